The summed E-state index contributed by atoms with van der Waals surface area (Å²) in [5, 5.41) is 7.69. The Hall–Kier alpha value is -3.67. The van der Waals surface area contributed by atoms with Gasteiger partial charge in [-0.25, -0.2) is 4.39 Å². The predicted molar refractivity (Wildman–Crippen MR) is 102 cm³/mol. The Kier molecular flexibility index (Phi) is 5.01. The van der Waals surface area contributed by atoms with Crippen LogP contribution >= 0.6 is 0 Å². The molecule has 0 spiro atoms. The SMILES string of the molecule is O=C(Cc1noc2ccccc12)NCc1cccc(Oc2ccc(F)cc2)c1. The van der Waals surface area contributed by atoms with Gasteiger partial charge in [0, 0.05) is 11.9 Å². The molecule has 0 unspecified atom stereocenters. The molecule has 0 atom stereocenters. The number of carbonyl (C=O) groups excluding carboxylic acids is 1. The van der Waals surface area contributed by atoms with E-state index < -0.39 is 0 Å². The summed E-state index contributed by atoms with van der Waals surface area (Å²) >= 11 is 0. The smallest absolute Gasteiger partial charge is 0.226 e. The lowest BCUT2D eigenvalue weighted by Gasteiger charge is -2.09. The Morgan fingerprint density at radius 3 is 2.68 bits per heavy atom. The Bertz CT molecular complexity index is 1110. The number of halogens is 1. The lowest BCUT2D eigenvalue weighted by molar-refractivity contribution is -0.120. The molecule has 4 rings (SSSR count). The summed E-state index contributed by atoms with van der Waals surface area (Å²) in [5.41, 5.74) is 2.16. The zero-order chi connectivity index (χ0) is 19.3. The molecule has 3 aromatic carbocycles. The molecule has 0 bridgehead atoms. The second-order valence-electron chi connectivity index (χ2n) is 6.28. The molecule has 0 aliphatic carbocycles. The lowest BCUT2D eigenvalue weighted by atomic mass is 10.1. The fraction of sp³-hybridized carbons (Fsp3) is 0.0909. The first-order valence-electron chi connectivity index (χ1n) is 8.80. The number of rotatable bonds is 6. The van der Waals surface area contributed by atoms with E-state index in [2.05, 4.69) is 10.5 Å². The van der Waals surface area contributed by atoms with Crippen molar-refractivity contribution in [2.45, 2.75) is 13.0 Å². The van der Waals surface area contributed by atoms with Crippen LogP contribution in [0.2, 0.25) is 0 Å². The maximum Gasteiger partial charge on any atom is 0.226 e. The Labute approximate surface area is 160 Å². The standard InChI is InChI=1S/C22H17FN2O3/c23-16-8-10-17(11-9-16)27-18-5-3-4-15(12-18)14-24-22(26)13-20-19-6-1-2-7-21(19)28-25-20/h1-12H,13-14H2,(H,24,26). The molecule has 4 aromatic rings. The first-order valence-corrected chi connectivity index (χ1v) is 8.80. The molecule has 0 aliphatic rings. The highest BCUT2D eigenvalue weighted by Crippen LogP contribution is 2.22. The van der Waals surface area contributed by atoms with Crippen LogP contribution in [0.4, 0.5) is 4.39 Å². The van der Waals surface area contributed by atoms with E-state index in [-0.39, 0.29) is 18.1 Å². The minimum atomic E-state index is -0.316. The number of nitrogens with zero attached hydrogens (tertiary/aromatic N) is 1. The number of aromatic nitrogens is 1. The van der Waals surface area contributed by atoms with E-state index in [0.29, 0.717) is 29.3 Å². The number of para-hydroxylation sites is 1. The summed E-state index contributed by atoms with van der Waals surface area (Å²) in [4.78, 5) is 12.3. The Balaban J connectivity index is 1.36. The van der Waals surface area contributed by atoms with Crippen LogP contribution < -0.4 is 10.1 Å². The van der Waals surface area contributed by atoms with Gasteiger partial charge in [-0.15, -0.1) is 0 Å². The minimum Gasteiger partial charge on any atom is -0.457 e. The maximum atomic E-state index is 13.0. The van der Waals surface area contributed by atoms with Crippen LogP contribution in [0.1, 0.15) is 11.3 Å². The normalized spacial score (nSPS) is 10.8. The number of benzene rings is 3. The number of amides is 1. The monoisotopic (exact) mass is 376 g/mol. The third-order valence-electron chi connectivity index (χ3n) is 4.22. The van der Waals surface area contributed by atoms with E-state index >= 15 is 0 Å². The molecular weight excluding hydrogens is 359 g/mol. The van der Waals surface area contributed by atoms with Crippen LogP contribution in [0.15, 0.2) is 77.3 Å². The van der Waals surface area contributed by atoms with Crippen molar-refractivity contribution in [1.82, 2.24) is 10.5 Å². The summed E-state index contributed by atoms with van der Waals surface area (Å²) in [6.07, 6.45) is 0.142. The Morgan fingerprint density at radius 2 is 1.82 bits per heavy atom. The summed E-state index contributed by atoms with van der Waals surface area (Å²) in [6.45, 7) is 0.356. The molecular formula is C22H17FN2O3. The fourth-order valence-corrected chi connectivity index (χ4v) is 2.84. The van der Waals surface area contributed by atoms with Crippen LogP contribution in [-0.2, 0) is 17.8 Å². The van der Waals surface area contributed by atoms with Gasteiger partial charge in [0.05, 0.1) is 6.42 Å². The molecule has 140 valence electrons. The van der Waals surface area contributed by atoms with Gasteiger partial charge in [0.2, 0.25) is 5.91 Å². The average molecular weight is 376 g/mol. The molecule has 5 nitrogen and oxygen atoms in total. The number of hydrogen-bond acceptors (Lipinski definition) is 4. The summed E-state index contributed by atoms with van der Waals surface area (Å²) in [5.74, 6) is 0.689. The number of ether oxygens (including phenoxy) is 1. The van der Waals surface area contributed by atoms with Gasteiger partial charge in [-0.3, -0.25) is 4.79 Å². The van der Waals surface area contributed by atoms with Crippen molar-refractivity contribution in [1.29, 1.82) is 0 Å². The summed E-state index contributed by atoms with van der Waals surface area (Å²) in [7, 11) is 0. The lowest BCUT2D eigenvalue weighted by Crippen LogP contribution is -2.24. The fourth-order valence-electron chi connectivity index (χ4n) is 2.84. The first-order chi connectivity index (χ1) is 13.7. The van der Waals surface area contributed by atoms with E-state index in [1.54, 1.807) is 18.2 Å². The zero-order valence-corrected chi connectivity index (χ0v) is 14.9. The highest BCUT2D eigenvalue weighted by Gasteiger charge is 2.12. The van der Waals surface area contributed by atoms with Crippen molar-refractivity contribution in [2.24, 2.45) is 0 Å². The molecule has 0 fully saturated rings. The van der Waals surface area contributed by atoms with Crippen molar-refractivity contribution in [3.05, 3.63) is 89.9 Å². The van der Waals surface area contributed by atoms with Gasteiger partial charge in [0.1, 0.15) is 23.0 Å². The topological polar surface area (TPSA) is 64.4 Å². The predicted octanol–water partition coefficient (Wildman–Crippen LogP) is 4.62. The van der Waals surface area contributed by atoms with Crippen LogP contribution in [0.3, 0.4) is 0 Å². The van der Waals surface area contributed by atoms with Crippen molar-refractivity contribution in [3.63, 3.8) is 0 Å². The molecule has 1 amide bonds. The quantitative estimate of drug-likeness (QED) is 0.533. The first kappa shape index (κ1) is 17.7. The minimum absolute atomic E-state index is 0.142. The van der Waals surface area contributed by atoms with Crippen molar-refractivity contribution in [2.75, 3.05) is 0 Å². The van der Waals surface area contributed by atoms with Crippen molar-refractivity contribution >= 4 is 16.9 Å². The number of hydrogen-bond donors (Lipinski definition) is 1. The number of nitrogens with one attached hydrogen (secondary N) is 1. The highest BCUT2D eigenvalue weighted by atomic mass is 19.1. The van der Waals surface area contributed by atoms with Gasteiger partial charge in [0.25, 0.3) is 0 Å². The molecule has 0 saturated carbocycles. The van der Waals surface area contributed by atoms with Crippen LogP contribution in [-0.4, -0.2) is 11.1 Å². The second-order valence-corrected chi connectivity index (χ2v) is 6.28. The number of carbonyl (C=O) groups is 1. The van der Waals surface area contributed by atoms with Gasteiger partial charge in [-0.2, -0.15) is 0 Å². The third kappa shape index (κ3) is 4.17. The van der Waals surface area contributed by atoms with Crippen molar-refractivity contribution < 1.29 is 18.4 Å². The molecule has 1 heterocycles. The number of fused-ring (bicyclic) bond motifs is 1. The van der Waals surface area contributed by atoms with Gasteiger partial charge in [-0.05, 0) is 54.1 Å². The largest absolute Gasteiger partial charge is 0.457 e. The van der Waals surface area contributed by atoms with E-state index in [1.807, 2.05) is 42.5 Å². The molecule has 0 saturated heterocycles. The molecule has 28 heavy (non-hydrogen) atoms. The second kappa shape index (κ2) is 7.92. The average Bonchev–Trinajstić information content (AvgIpc) is 3.11. The molecule has 1 aromatic heterocycles. The van der Waals surface area contributed by atoms with Crippen LogP contribution in [0.5, 0.6) is 11.5 Å². The van der Waals surface area contributed by atoms with Crippen LogP contribution in [0.25, 0.3) is 11.0 Å². The third-order valence-corrected chi connectivity index (χ3v) is 4.22. The van der Waals surface area contributed by atoms with E-state index in [4.69, 9.17) is 9.26 Å². The van der Waals surface area contributed by atoms with Crippen LogP contribution in [0, 0.1) is 5.82 Å². The van der Waals surface area contributed by atoms with Gasteiger partial charge >= 0.3 is 0 Å². The van der Waals surface area contributed by atoms with E-state index in [0.717, 1.165) is 10.9 Å². The molecule has 0 aliphatic heterocycles. The maximum absolute atomic E-state index is 13.0. The molecule has 6 heteroatoms. The van der Waals surface area contributed by atoms with E-state index in [9.17, 15) is 9.18 Å². The summed E-state index contributed by atoms with van der Waals surface area (Å²) in [6, 6.07) is 20.6. The summed E-state index contributed by atoms with van der Waals surface area (Å²) < 4.78 is 23.9. The van der Waals surface area contributed by atoms with Gasteiger partial charge in [-0.1, -0.05) is 29.4 Å². The Morgan fingerprint density at radius 1 is 1.00 bits per heavy atom. The van der Waals surface area contributed by atoms with Crippen molar-refractivity contribution in [3.8, 4) is 11.5 Å². The van der Waals surface area contributed by atoms with Gasteiger partial charge in [0.15, 0.2) is 5.58 Å². The zero-order valence-electron chi connectivity index (χ0n) is 14.9. The molecule has 1 N–H and O–H groups in total. The highest BCUT2D eigenvalue weighted by molar-refractivity contribution is 5.86. The molecule has 0 radical (unpaired) electrons. The van der Waals surface area contributed by atoms with Gasteiger partial charge < -0.3 is 14.6 Å². The van der Waals surface area contributed by atoms with E-state index in [1.165, 1.54) is 12.1 Å².